The maximum absolute atomic E-state index is 14.1. The zero-order valence-corrected chi connectivity index (χ0v) is 19.5. The second-order valence-corrected chi connectivity index (χ2v) is 9.15. The van der Waals surface area contributed by atoms with Crippen molar-refractivity contribution in [1.82, 2.24) is 10.2 Å². The summed E-state index contributed by atoms with van der Waals surface area (Å²) in [5.74, 6) is -8.84. The average Bonchev–Trinajstić information content (AvgIpc) is 3.36. The highest BCUT2D eigenvalue weighted by molar-refractivity contribution is 5.93. The number of carbonyl (C=O) groups excluding carboxylic acids is 3. The van der Waals surface area contributed by atoms with E-state index in [0.29, 0.717) is 25.5 Å². The fourth-order valence-electron chi connectivity index (χ4n) is 4.60. The number of hydrogen-bond donors (Lipinski definition) is 2. The summed E-state index contributed by atoms with van der Waals surface area (Å²) in [5.41, 5.74) is -0.240. The lowest BCUT2D eigenvalue weighted by atomic mass is 9.94. The Morgan fingerprint density at radius 2 is 1.74 bits per heavy atom. The van der Waals surface area contributed by atoms with Gasteiger partial charge in [-0.2, -0.15) is 4.39 Å². The van der Waals surface area contributed by atoms with Gasteiger partial charge < -0.3 is 20.1 Å². The molecule has 2 aliphatic rings. The van der Waals surface area contributed by atoms with Crippen molar-refractivity contribution in [2.45, 2.75) is 57.9 Å². The molecule has 192 valence electrons. The molecule has 3 rings (SSSR count). The summed E-state index contributed by atoms with van der Waals surface area (Å²) in [6, 6.07) is -0.890. The van der Waals surface area contributed by atoms with Crippen LogP contribution in [0.25, 0.3) is 0 Å². The maximum Gasteiger partial charge on any atom is 0.305 e. The number of nitrogens with zero attached hydrogens (tertiary/aromatic N) is 1. The third-order valence-corrected chi connectivity index (χ3v) is 6.55. The molecule has 1 aliphatic carbocycles. The van der Waals surface area contributed by atoms with Crippen LogP contribution in [0.1, 0.15) is 50.5 Å². The van der Waals surface area contributed by atoms with Crippen LogP contribution in [0.5, 0.6) is 5.75 Å². The van der Waals surface area contributed by atoms with Gasteiger partial charge in [-0.1, -0.05) is 12.8 Å². The highest BCUT2D eigenvalue weighted by atomic mass is 19.2. The summed E-state index contributed by atoms with van der Waals surface area (Å²) in [6.07, 6.45) is 3.92. The molecule has 0 aromatic heterocycles. The van der Waals surface area contributed by atoms with E-state index in [-0.39, 0.29) is 23.9 Å². The van der Waals surface area contributed by atoms with Crippen molar-refractivity contribution in [1.29, 1.82) is 0 Å². The van der Waals surface area contributed by atoms with Gasteiger partial charge in [0.05, 0.1) is 12.3 Å². The van der Waals surface area contributed by atoms with E-state index in [4.69, 9.17) is 4.74 Å². The Morgan fingerprint density at radius 3 is 2.40 bits per heavy atom. The normalized spacial score (nSPS) is 19.3. The number of aryl methyl sites for hydroxylation is 1. The van der Waals surface area contributed by atoms with Crippen LogP contribution < -0.4 is 10.1 Å². The van der Waals surface area contributed by atoms with Gasteiger partial charge >= 0.3 is 5.97 Å². The summed E-state index contributed by atoms with van der Waals surface area (Å²) in [6.45, 7) is 0.913. The number of ketones is 1. The number of rotatable bonds is 9. The zero-order valence-electron chi connectivity index (χ0n) is 19.5. The van der Waals surface area contributed by atoms with Gasteiger partial charge in [0.1, 0.15) is 12.6 Å². The highest BCUT2D eigenvalue weighted by Gasteiger charge is 2.35. The van der Waals surface area contributed by atoms with E-state index in [9.17, 15) is 37.5 Å². The number of nitrogens with one attached hydrogen (secondary N) is 1. The Bertz CT molecular complexity index is 970. The van der Waals surface area contributed by atoms with Crippen LogP contribution in [0, 0.1) is 36.2 Å². The van der Waals surface area contributed by atoms with Crippen LogP contribution in [-0.2, 0) is 19.2 Å². The van der Waals surface area contributed by atoms with Gasteiger partial charge in [0, 0.05) is 19.0 Å². The maximum atomic E-state index is 14.1. The first-order valence-electron chi connectivity index (χ1n) is 11.7. The molecule has 1 aliphatic heterocycles. The van der Waals surface area contributed by atoms with Crippen molar-refractivity contribution in [3.8, 4) is 5.75 Å². The molecule has 0 spiro atoms. The first kappa shape index (κ1) is 26.5. The lowest BCUT2D eigenvalue weighted by Gasteiger charge is -2.34. The van der Waals surface area contributed by atoms with Gasteiger partial charge in [-0.15, -0.1) is 0 Å². The number of piperidine rings is 1. The number of likely N-dealkylation sites (tertiary alicyclic amines) is 1. The predicted octanol–water partition coefficient (Wildman–Crippen LogP) is 2.75. The van der Waals surface area contributed by atoms with Crippen LogP contribution in [0.3, 0.4) is 0 Å². The number of amides is 2. The quantitative estimate of drug-likeness (QED) is 0.507. The lowest BCUT2D eigenvalue weighted by Crippen LogP contribution is -2.51. The van der Waals surface area contributed by atoms with E-state index in [0.717, 1.165) is 25.7 Å². The molecule has 11 heteroatoms. The summed E-state index contributed by atoms with van der Waals surface area (Å²) in [5, 5.41) is 11.6. The first-order chi connectivity index (χ1) is 16.6. The van der Waals surface area contributed by atoms with E-state index in [1.165, 1.54) is 6.92 Å². The van der Waals surface area contributed by atoms with Crippen molar-refractivity contribution < 1.29 is 42.2 Å². The van der Waals surface area contributed by atoms with E-state index < -0.39 is 65.8 Å². The molecular formula is C24H29F3N2O6. The molecule has 0 unspecified atom stereocenters. The van der Waals surface area contributed by atoms with Crippen LogP contribution in [0.2, 0.25) is 0 Å². The number of aliphatic carboxylic acids is 1. The van der Waals surface area contributed by atoms with E-state index in [1.54, 1.807) is 4.90 Å². The molecule has 0 radical (unpaired) electrons. The molecule has 1 saturated heterocycles. The molecule has 1 saturated carbocycles. The number of halogens is 3. The summed E-state index contributed by atoms with van der Waals surface area (Å²) in [4.78, 5) is 51.1. The third-order valence-electron chi connectivity index (χ3n) is 6.55. The van der Waals surface area contributed by atoms with E-state index in [2.05, 4.69) is 5.32 Å². The molecule has 1 aromatic carbocycles. The largest absolute Gasteiger partial charge is 0.481 e. The molecule has 0 bridgehead atoms. The number of carbonyl (C=O) groups is 4. The molecule has 1 heterocycles. The summed E-state index contributed by atoms with van der Waals surface area (Å²) >= 11 is 0. The number of ether oxygens (including phenoxy) is 1. The van der Waals surface area contributed by atoms with Crippen molar-refractivity contribution in [3.05, 3.63) is 29.1 Å². The standard InChI is InChI=1S/C24H29F3N2O6/c1-13-9-16(25)21(27)22(20(13)26)35-12-18(30)17(10-19(31)32)28-23(33)15-7-4-8-29(11-15)24(34)14-5-2-3-6-14/h9,14-15,17H,2-8,10-12H2,1H3,(H,28,33)(H,31,32)/t15-,17+/m1/s1. The van der Waals surface area contributed by atoms with Gasteiger partial charge in [-0.3, -0.25) is 19.2 Å². The zero-order chi connectivity index (χ0) is 25.7. The van der Waals surface area contributed by atoms with Crippen molar-refractivity contribution >= 4 is 23.6 Å². The highest BCUT2D eigenvalue weighted by Crippen LogP contribution is 2.29. The Balaban J connectivity index is 1.63. The second kappa shape index (κ2) is 11.5. The lowest BCUT2D eigenvalue weighted by molar-refractivity contribution is -0.141. The number of carboxylic acid groups (broad SMARTS) is 1. The van der Waals surface area contributed by atoms with Crippen LogP contribution in [0.4, 0.5) is 13.2 Å². The average molecular weight is 498 g/mol. The van der Waals surface area contributed by atoms with Crippen LogP contribution in [-0.4, -0.2) is 59.3 Å². The Labute approximate surface area is 200 Å². The van der Waals surface area contributed by atoms with Crippen LogP contribution >= 0.6 is 0 Å². The Morgan fingerprint density at radius 1 is 1.09 bits per heavy atom. The van der Waals surface area contributed by atoms with Gasteiger partial charge in [0.2, 0.25) is 17.6 Å². The van der Waals surface area contributed by atoms with Gasteiger partial charge in [-0.05, 0) is 44.2 Å². The first-order valence-corrected chi connectivity index (χ1v) is 11.7. The molecule has 1 aromatic rings. The molecule has 2 atom stereocenters. The minimum absolute atomic E-state index is 0.0148. The molecule has 35 heavy (non-hydrogen) atoms. The molecule has 2 amide bonds. The smallest absolute Gasteiger partial charge is 0.305 e. The minimum Gasteiger partial charge on any atom is -0.481 e. The van der Waals surface area contributed by atoms with Crippen molar-refractivity contribution in [2.24, 2.45) is 11.8 Å². The van der Waals surface area contributed by atoms with Crippen molar-refractivity contribution in [2.75, 3.05) is 19.7 Å². The molecule has 2 N–H and O–H groups in total. The monoisotopic (exact) mass is 498 g/mol. The van der Waals surface area contributed by atoms with Crippen LogP contribution in [0.15, 0.2) is 6.07 Å². The SMILES string of the molecule is Cc1cc(F)c(F)c(OCC(=O)[C@H](CC(=O)O)NC(=O)[C@@H]2CCCN(C(=O)C3CCCC3)C2)c1F. The second-order valence-electron chi connectivity index (χ2n) is 9.15. The van der Waals surface area contributed by atoms with Gasteiger partial charge in [-0.25, -0.2) is 8.78 Å². The van der Waals surface area contributed by atoms with E-state index >= 15 is 0 Å². The number of Topliss-reactive ketones (excluding diaryl/α,β-unsaturated/α-hetero) is 1. The minimum atomic E-state index is -1.62. The molecule has 2 fully saturated rings. The number of carboxylic acids is 1. The summed E-state index contributed by atoms with van der Waals surface area (Å²) < 4.78 is 46.5. The summed E-state index contributed by atoms with van der Waals surface area (Å²) in [7, 11) is 0. The Kier molecular flexibility index (Phi) is 8.74. The van der Waals surface area contributed by atoms with Crippen molar-refractivity contribution in [3.63, 3.8) is 0 Å². The fraction of sp³-hybridized carbons (Fsp3) is 0.583. The fourth-order valence-corrected chi connectivity index (χ4v) is 4.60. The third kappa shape index (κ3) is 6.52. The van der Waals surface area contributed by atoms with Gasteiger partial charge in [0.25, 0.3) is 0 Å². The number of benzene rings is 1. The topological polar surface area (TPSA) is 113 Å². The Hall–Kier alpha value is -3.11. The molecular weight excluding hydrogens is 469 g/mol. The van der Waals surface area contributed by atoms with Gasteiger partial charge in [0.15, 0.2) is 23.2 Å². The number of hydrogen-bond acceptors (Lipinski definition) is 5. The van der Waals surface area contributed by atoms with E-state index in [1.807, 2.05) is 0 Å². The predicted molar refractivity (Wildman–Crippen MR) is 117 cm³/mol. The molecule has 8 nitrogen and oxygen atoms in total.